The molecule has 0 saturated carbocycles. The van der Waals surface area contributed by atoms with Gasteiger partial charge in [-0.05, 0) is 19.9 Å². The van der Waals surface area contributed by atoms with Crippen LogP contribution < -0.4 is 4.74 Å². The molecule has 1 aromatic carbocycles. The van der Waals surface area contributed by atoms with E-state index in [1.807, 2.05) is 13.8 Å². The Morgan fingerprint density at radius 2 is 2.14 bits per heavy atom. The Bertz CT molecular complexity index is 352. The third-order valence-corrected chi connectivity index (χ3v) is 1.79. The van der Waals surface area contributed by atoms with Crippen molar-refractivity contribution in [2.45, 2.75) is 20.0 Å². The number of hydrogen-bond acceptors (Lipinski definition) is 3. The van der Waals surface area contributed by atoms with Crippen molar-refractivity contribution in [3.63, 3.8) is 0 Å². The SMILES string of the molecule is CC(C)Oc1ccc([N+](=O)[O-])c(Cl)c1. The van der Waals surface area contributed by atoms with Gasteiger partial charge in [0.05, 0.1) is 11.0 Å². The zero-order valence-corrected chi connectivity index (χ0v) is 8.62. The summed E-state index contributed by atoms with van der Waals surface area (Å²) in [4.78, 5) is 9.91. The summed E-state index contributed by atoms with van der Waals surface area (Å²) in [6, 6.07) is 4.31. The Balaban J connectivity index is 2.94. The Kier molecular flexibility index (Phi) is 3.30. The van der Waals surface area contributed by atoms with Crippen LogP contribution in [0.2, 0.25) is 5.02 Å². The van der Waals surface area contributed by atoms with Gasteiger partial charge < -0.3 is 4.74 Å². The molecule has 1 rings (SSSR count). The molecule has 0 heterocycles. The fraction of sp³-hybridized carbons (Fsp3) is 0.333. The first kappa shape index (κ1) is 10.8. The number of nitrogens with zero attached hydrogens (tertiary/aromatic N) is 1. The topological polar surface area (TPSA) is 52.4 Å². The average Bonchev–Trinajstić information content (AvgIpc) is 2.01. The van der Waals surface area contributed by atoms with Crippen molar-refractivity contribution in [2.75, 3.05) is 0 Å². The molecule has 0 unspecified atom stereocenters. The highest BCUT2D eigenvalue weighted by atomic mass is 35.5. The van der Waals surface area contributed by atoms with Gasteiger partial charge >= 0.3 is 0 Å². The number of rotatable bonds is 3. The maximum absolute atomic E-state index is 10.4. The lowest BCUT2D eigenvalue weighted by Gasteiger charge is -2.09. The fourth-order valence-corrected chi connectivity index (χ4v) is 1.22. The summed E-state index contributed by atoms with van der Waals surface area (Å²) in [7, 11) is 0. The Morgan fingerprint density at radius 1 is 1.50 bits per heavy atom. The van der Waals surface area contributed by atoms with Crippen molar-refractivity contribution in [3.8, 4) is 5.75 Å². The van der Waals surface area contributed by atoms with Gasteiger partial charge in [-0.15, -0.1) is 0 Å². The van der Waals surface area contributed by atoms with Crippen LogP contribution in [0.1, 0.15) is 13.8 Å². The molecular weight excluding hydrogens is 206 g/mol. The second-order valence-corrected chi connectivity index (χ2v) is 3.44. The van der Waals surface area contributed by atoms with Crippen molar-refractivity contribution >= 4 is 17.3 Å². The standard InChI is InChI=1S/C9H10ClNO3/c1-6(2)14-7-3-4-9(11(12)13)8(10)5-7/h3-6H,1-2H3. The Labute approximate surface area is 86.6 Å². The van der Waals surface area contributed by atoms with Gasteiger partial charge in [-0.2, -0.15) is 0 Å². The molecule has 0 aliphatic carbocycles. The van der Waals surface area contributed by atoms with E-state index in [1.54, 1.807) is 0 Å². The molecule has 0 fully saturated rings. The summed E-state index contributed by atoms with van der Waals surface area (Å²) < 4.78 is 5.32. The first-order valence-corrected chi connectivity index (χ1v) is 4.49. The van der Waals surface area contributed by atoms with E-state index in [4.69, 9.17) is 16.3 Å². The molecule has 0 aromatic heterocycles. The molecule has 5 heteroatoms. The van der Waals surface area contributed by atoms with Crippen molar-refractivity contribution in [2.24, 2.45) is 0 Å². The average molecular weight is 216 g/mol. The largest absolute Gasteiger partial charge is 0.491 e. The van der Waals surface area contributed by atoms with Gasteiger partial charge in [-0.3, -0.25) is 10.1 Å². The van der Waals surface area contributed by atoms with E-state index < -0.39 is 4.92 Å². The van der Waals surface area contributed by atoms with E-state index in [9.17, 15) is 10.1 Å². The Morgan fingerprint density at radius 3 is 2.57 bits per heavy atom. The monoisotopic (exact) mass is 215 g/mol. The van der Waals surface area contributed by atoms with Crippen molar-refractivity contribution in [3.05, 3.63) is 33.3 Å². The molecule has 0 bridgehead atoms. The van der Waals surface area contributed by atoms with Gasteiger partial charge in [0.1, 0.15) is 10.8 Å². The number of halogens is 1. The highest BCUT2D eigenvalue weighted by Crippen LogP contribution is 2.28. The van der Waals surface area contributed by atoms with E-state index in [0.717, 1.165) is 0 Å². The lowest BCUT2D eigenvalue weighted by atomic mass is 10.3. The van der Waals surface area contributed by atoms with Gasteiger partial charge in [-0.1, -0.05) is 11.6 Å². The van der Waals surface area contributed by atoms with E-state index in [2.05, 4.69) is 0 Å². The maximum Gasteiger partial charge on any atom is 0.288 e. The van der Waals surface area contributed by atoms with Crippen molar-refractivity contribution < 1.29 is 9.66 Å². The summed E-state index contributed by atoms with van der Waals surface area (Å²) in [5, 5.41) is 10.5. The summed E-state index contributed by atoms with van der Waals surface area (Å²) in [6.07, 6.45) is 0.0209. The third kappa shape index (κ3) is 2.60. The van der Waals surface area contributed by atoms with Crippen LogP contribution in [0.4, 0.5) is 5.69 Å². The molecule has 0 spiro atoms. The quantitative estimate of drug-likeness (QED) is 0.575. The lowest BCUT2D eigenvalue weighted by Crippen LogP contribution is -2.05. The van der Waals surface area contributed by atoms with Gasteiger partial charge in [0.15, 0.2) is 0 Å². The van der Waals surface area contributed by atoms with Gasteiger partial charge in [0.25, 0.3) is 5.69 Å². The van der Waals surface area contributed by atoms with Crippen LogP contribution in [0.15, 0.2) is 18.2 Å². The normalized spacial score (nSPS) is 10.3. The van der Waals surface area contributed by atoms with Crippen LogP contribution in [0.5, 0.6) is 5.75 Å². The molecule has 0 aliphatic rings. The Hall–Kier alpha value is -1.29. The summed E-state index contributed by atoms with van der Waals surface area (Å²) in [5.41, 5.74) is -0.109. The van der Waals surface area contributed by atoms with Crippen LogP contribution in [0, 0.1) is 10.1 Å². The third-order valence-electron chi connectivity index (χ3n) is 1.49. The number of nitro benzene ring substituents is 1. The van der Waals surface area contributed by atoms with Gasteiger partial charge in [0.2, 0.25) is 0 Å². The molecule has 4 nitrogen and oxygen atoms in total. The molecule has 0 radical (unpaired) electrons. The van der Waals surface area contributed by atoms with Crippen LogP contribution >= 0.6 is 11.6 Å². The second kappa shape index (κ2) is 4.28. The number of hydrogen-bond donors (Lipinski definition) is 0. The van der Waals surface area contributed by atoms with E-state index >= 15 is 0 Å². The molecule has 1 aromatic rings. The molecule has 76 valence electrons. The summed E-state index contributed by atoms with van der Waals surface area (Å²) in [6.45, 7) is 3.74. The lowest BCUT2D eigenvalue weighted by molar-refractivity contribution is -0.384. The van der Waals surface area contributed by atoms with Crippen molar-refractivity contribution in [1.82, 2.24) is 0 Å². The molecular formula is C9H10ClNO3. The van der Waals surface area contributed by atoms with Crippen LogP contribution in [-0.2, 0) is 0 Å². The first-order valence-electron chi connectivity index (χ1n) is 4.11. The minimum absolute atomic E-state index is 0.0209. The highest BCUT2D eigenvalue weighted by Gasteiger charge is 2.12. The predicted molar refractivity (Wildman–Crippen MR) is 53.9 cm³/mol. The molecule has 0 aliphatic heterocycles. The number of benzene rings is 1. The minimum Gasteiger partial charge on any atom is -0.491 e. The summed E-state index contributed by atoms with van der Waals surface area (Å²) in [5.74, 6) is 0.538. The molecule has 0 N–H and O–H groups in total. The van der Waals surface area contributed by atoms with E-state index in [0.29, 0.717) is 5.75 Å². The maximum atomic E-state index is 10.4. The number of nitro groups is 1. The number of ether oxygens (including phenoxy) is 1. The highest BCUT2D eigenvalue weighted by molar-refractivity contribution is 6.32. The first-order chi connectivity index (χ1) is 6.50. The van der Waals surface area contributed by atoms with Crippen LogP contribution in [0.25, 0.3) is 0 Å². The van der Waals surface area contributed by atoms with Crippen LogP contribution in [0.3, 0.4) is 0 Å². The van der Waals surface area contributed by atoms with Crippen LogP contribution in [-0.4, -0.2) is 11.0 Å². The zero-order valence-electron chi connectivity index (χ0n) is 7.86. The zero-order chi connectivity index (χ0) is 10.7. The second-order valence-electron chi connectivity index (χ2n) is 3.04. The van der Waals surface area contributed by atoms with Gasteiger partial charge in [-0.25, -0.2) is 0 Å². The van der Waals surface area contributed by atoms with E-state index in [1.165, 1.54) is 18.2 Å². The predicted octanol–water partition coefficient (Wildman–Crippen LogP) is 3.04. The molecule has 0 atom stereocenters. The molecule has 0 saturated heterocycles. The molecule has 14 heavy (non-hydrogen) atoms. The minimum atomic E-state index is -0.526. The summed E-state index contributed by atoms with van der Waals surface area (Å²) >= 11 is 5.69. The smallest absolute Gasteiger partial charge is 0.288 e. The van der Waals surface area contributed by atoms with Gasteiger partial charge in [0, 0.05) is 12.1 Å². The fourth-order valence-electron chi connectivity index (χ4n) is 0.981. The van der Waals surface area contributed by atoms with Crippen molar-refractivity contribution in [1.29, 1.82) is 0 Å². The van der Waals surface area contributed by atoms with E-state index in [-0.39, 0.29) is 16.8 Å². The molecule has 0 amide bonds.